The lowest BCUT2D eigenvalue weighted by molar-refractivity contribution is -0.143. The quantitative estimate of drug-likeness (QED) is 0.225. The Morgan fingerprint density at radius 2 is 1.21 bits per heavy atom. The molecule has 2 aromatic rings. The van der Waals surface area contributed by atoms with Gasteiger partial charge in [0.1, 0.15) is 23.6 Å². The minimum Gasteiger partial charge on any atom is -0.508 e. The molecule has 3 unspecified atom stereocenters. The largest absolute Gasteiger partial charge is 0.508 e. The molecule has 0 saturated heterocycles. The Balaban J connectivity index is 2.16. The molecule has 0 fully saturated rings. The number of primary amides is 1. The van der Waals surface area contributed by atoms with Gasteiger partial charge in [-0.15, -0.1) is 0 Å². The first kappa shape index (κ1) is 25.1. The van der Waals surface area contributed by atoms with Gasteiger partial charge in [-0.05, 0) is 41.8 Å². The van der Waals surface area contributed by atoms with Crippen LogP contribution in [0.3, 0.4) is 0 Å². The van der Waals surface area contributed by atoms with E-state index in [9.17, 15) is 34.5 Å². The van der Waals surface area contributed by atoms with Crippen LogP contribution in [0.1, 0.15) is 17.5 Å². The first-order valence-electron chi connectivity index (χ1n) is 9.98. The molecule has 0 bridgehead atoms. The maximum absolute atomic E-state index is 12.8. The van der Waals surface area contributed by atoms with Crippen molar-refractivity contribution in [2.45, 2.75) is 37.4 Å². The third kappa shape index (κ3) is 8.15. The van der Waals surface area contributed by atoms with Gasteiger partial charge >= 0.3 is 5.97 Å². The molecular formula is C22H26N4O7. The second kappa shape index (κ2) is 11.5. The highest BCUT2D eigenvalue weighted by Crippen LogP contribution is 2.13. The molecule has 2 rings (SSSR count). The highest BCUT2D eigenvalue weighted by atomic mass is 16.4. The smallest absolute Gasteiger partial charge is 0.326 e. The number of aliphatic carboxylic acids is 1. The Morgan fingerprint density at radius 3 is 1.67 bits per heavy atom. The van der Waals surface area contributed by atoms with Crippen molar-refractivity contribution in [3.8, 4) is 11.5 Å². The summed E-state index contributed by atoms with van der Waals surface area (Å²) in [5.74, 6) is -3.82. The zero-order valence-corrected chi connectivity index (χ0v) is 17.6. The minimum absolute atomic E-state index is 0.00658. The van der Waals surface area contributed by atoms with Gasteiger partial charge < -0.3 is 37.4 Å². The third-order valence-electron chi connectivity index (χ3n) is 4.76. The van der Waals surface area contributed by atoms with Crippen molar-refractivity contribution in [2.24, 2.45) is 11.5 Å². The van der Waals surface area contributed by atoms with Gasteiger partial charge in [-0.3, -0.25) is 14.4 Å². The number of carbonyl (C=O) groups excluding carboxylic acids is 3. The first-order valence-corrected chi connectivity index (χ1v) is 9.98. The lowest BCUT2D eigenvalue weighted by atomic mass is 10.0. The van der Waals surface area contributed by atoms with Gasteiger partial charge in [-0.1, -0.05) is 24.3 Å². The molecule has 0 spiro atoms. The van der Waals surface area contributed by atoms with Crippen molar-refractivity contribution in [2.75, 3.05) is 0 Å². The van der Waals surface area contributed by atoms with Gasteiger partial charge in [0.05, 0.1) is 12.5 Å². The van der Waals surface area contributed by atoms with E-state index < -0.39 is 48.2 Å². The molecule has 176 valence electrons. The Hall–Kier alpha value is -4.12. The highest BCUT2D eigenvalue weighted by Gasteiger charge is 2.29. The van der Waals surface area contributed by atoms with Crippen LogP contribution in [0.25, 0.3) is 0 Å². The van der Waals surface area contributed by atoms with E-state index in [1.165, 1.54) is 36.4 Å². The summed E-state index contributed by atoms with van der Waals surface area (Å²) in [6.07, 6.45) is -0.535. The normalized spacial score (nSPS) is 13.4. The summed E-state index contributed by atoms with van der Waals surface area (Å²) in [5.41, 5.74) is 12.3. The summed E-state index contributed by atoms with van der Waals surface area (Å²) in [6.45, 7) is 0. The van der Waals surface area contributed by atoms with Gasteiger partial charge in [0, 0.05) is 6.42 Å². The monoisotopic (exact) mass is 458 g/mol. The number of phenolic OH excluding ortho intramolecular Hbond substituents is 2. The summed E-state index contributed by atoms with van der Waals surface area (Å²) in [4.78, 5) is 48.0. The van der Waals surface area contributed by atoms with E-state index in [4.69, 9.17) is 11.5 Å². The van der Waals surface area contributed by atoms with Gasteiger partial charge in [-0.2, -0.15) is 0 Å². The number of hydrogen-bond acceptors (Lipinski definition) is 7. The summed E-state index contributed by atoms with van der Waals surface area (Å²) >= 11 is 0. The van der Waals surface area contributed by atoms with Crippen LogP contribution in [-0.2, 0) is 32.0 Å². The maximum Gasteiger partial charge on any atom is 0.326 e. The van der Waals surface area contributed by atoms with Crippen molar-refractivity contribution in [1.29, 1.82) is 0 Å². The van der Waals surface area contributed by atoms with E-state index in [0.717, 1.165) is 0 Å². The molecule has 11 heteroatoms. The number of benzene rings is 2. The van der Waals surface area contributed by atoms with Crippen LogP contribution >= 0.6 is 0 Å². The standard InChI is InChI=1S/C22H26N4O7/c23-16(9-12-1-5-14(27)6-2-12)20(30)25-17(10-13-3-7-15(28)8-4-13)21(31)26-18(22(32)33)11-19(24)29/h1-8,16-18,27-28H,9-11,23H2,(H2,24,29)(H,25,30)(H,26,31)(H,32,33). The molecule has 3 atom stereocenters. The van der Waals surface area contributed by atoms with E-state index in [1.54, 1.807) is 12.1 Å². The number of carboxylic acids is 1. The number of rotatable bonds is 11. The highest BCUT2D eigenvalue weighted by molar-refractivity contribution is 5.93. The summed E-state index contributed by atoms with van der Waals surface area (Å²) in [5, 5.41) is 32.8. The van der Waals surface area contributed by atoms with Crippen molar-refractivity contribution < 1.29 is 34.5 Å². The van der Waals surface area contributed by atoms with Crippen molar-refractivity contribution in [3.05, 3.63) is 59.7 Å². The van der Waals surface area contributed by atoms with Crippen LogP contribution in [0.5, 0.6) is 11.5 Å². The molecule has 0 aliphatic heterocycles. The molecule has 9 N–H and O–H groups in total. The van der Waals surface area contributed by atoms with Crippen LogP contribution < -0.4 is 22.1 Å². The Bertz CT molecular complexity index is 993. The van der Waals surface area contributed by atoms with Crippen molar-refractivity contribution >= 4 is 23.7 Å². The molecule has 2 aromatic carbocycles. The second-order valence-electron chi connectivity index (χ2n) is 7.48. The lowest BCUT2D eigenvalue weighted by Gasteiger charge is -2.23. The zero-order valence-electron chi connectivity index (χ0n) is 17.6. The summed E-state index contributed by atoms with van der Waals surface area (Å²) in [7, 11) is 0. The maximum atomic E-state index is 12.8. The third-order valence-corrected chi connectivity index (χ3v) is 4.76. The lowest BCUT2D eigenvalue weighted by Crippen LogP contribution is -2.56. The zero-order chi connectivity index (χ0) is 24.5. The van der Waals surface area contributed by atoms with E-state index >= 15 is 0 Å². The summed E-state index contributed by atoms with van der Waals surface area (Å²) in [6, 6.07) is 8.15. The minimum atomic E-state index is -1.57. The van der Waals surface area contributed by atoms with Crippen molar-refractivity contribution in [3.63, 3.8) is 0 Å². The van der Waals surface area contributed by atoms with E-state index in [1.807, 2.05) is 0 Å². The second-order valence-corrected chi connectivity index (χ2v) is 7.48. The van der Waals surface area contributed by atoms with E-state index in [0.29, 0.717) is 11.1 Å². The van der Waals surface area contributed by atoms with Gasteiger partial charge in [0.2, 0.25) is 17.7 Å². The topological polar surface area (TPSA) is 205 Å². The van der Waals surface area contributed by atoms with Crippen LogP contribution in [0, 0.1) is 0 Å². The molecular weight excluding hydrogens is 432 g/mol. The fourth-order valence-electron chi connectivity index (χ4n) is 3.01. The molecule has 11 nitrogen and oxygen atoms in total. The predicted molar refractivity (Wildman–Crippen MR) is 117 cm³/mol. The molecule has 33 heavy (non-hydrogen) atoms. The molecule has 0 aliphatic carbocycles. The number of nitrogens with two attached hydrogens (primary N) is 2. The number of carboxylic acid groups (broad SMARTS) is 1. The molecule has 0 aromatic heterocycles. The molecule has 0 radical (unpaired) electrons. The van der Waals surface area contributed by atoms with Gasteiger partial charge in [-0.25, -0.2) is 4.79 Å². The average molecular weight is 458 g/mol. The predicted octanol–water partition coefficient (Wildman–Crippen LogP) is -0.860. The number of carbonyl (C=O) groups is 4. The number of amides is 3. The van der Waals surface area contributed by atoms with E-state index in [2.05, 4.69) is 10.6 Å². The SMILES string of the molecule is NC(=O)CC(NC(=O)C(Cc1ccc(O)cc1)NC(=O)C(N)Cc1ccc(O)cc1)C(=O)O. The van der Waals surface area contributed by atoms with Crippen LogP contribution in [0.15, 0.2) is 48.5 Å². The van der Waals surface area contributed by atoms with Gasteiger partial charge in [0.15, 0.2) is 0 Å². The van der Waals surface area contributed by atoms with Crippen molar-refractivity contribution in [1.82, 2.24) is 10.6 Å². The first-order chi connectivity index (χ1) is 15.5. The number of aromatic hydroxyl groups is 2. The molecule has 0 heterocycles. The molecule has 0 aliphatic rings. The number of hydrogen-bond donors (Lipinski definition) is 7. The van der Waals surface area contributed by atoms with Crippen LogP contribution in [-0.4, -0.2) is 57.1 Å². The Labute approximate surface area is 189 Å². The number of phenols is 2. The fourth-order valence-corrected chi connectivity index (χ4v) is 3.01. The van der Waals surface area contributed by atoms with Gasteiger partial charge in [0.25, 0.3) is 0 Å². The molecule has 3 amide bonds. The summed E-state index contributed by atoms with van der Waals surface area (Å²) < 4.78 is 0. The molecule has 0 saturated carbocycles. The van der Waals surface area contributed by atoms with Crippen LogP contribution in [0.4, 0.5) is 0 Å². The average Bonchev–Trinajstić information content (AvgIpc) is 2.75. The number of nitrogens with one attached hydrogen (secondary N) is 2. The Morgan fingerprint density at radius 1 is 0.758 bits per heavy atom. The Kier molecular flexibility index (Phi) is 8.75. The van der Waals surface area contributed by atoms with E-state index in [-0.39, 0.29) is 24.3 Å². The fraction of sp³-hybridized carbons (Fsp3) is 0.273. The van der Waals surface area contributed by atoms with Crippen LogP contribution in [0.2, 0.25) is 0 Å².